The molecule has 7 nitrogen and oxygen atoms in total. The van der Waals surface area contributed by atoms with Gasteiger partial charge in [-0.25, -0.2) is 13.4 Å². The van der Waals surface area contributed by atoms with Crippen molar-refractivity contribution in [1.82, 2.24) is 13.9 Å². The van der Waals surface area contributed by atoms with E-state index in [2.05, 4.69) is 0 Å². The fraction of sp³-hybridized carbons (Fsp3) is 0.280. The molecule has 8 heteroatoms. The highest BCUT2D eigenvalue weighted by molar-refractivity contribution is 7.89. The van der Waals surface area contributed by atoms with E-state index in [1.165, 1.54) is 8.87 Å². The average Bonchev–Trinajstić information content (AvgIpc) is 2.83. The summed E-state index contributed by atoms with van der Waals surface area (Å²) < 4.78 is 35.6. The van der Waals surface area contributed by atoms with Crippen LogP contribution in [0.15, 0.2) is 76.4 Å². The van der Waals surface area contributed by atoms with Crippen molar-refractivity contribution in [3.05, 3.63) is 82.9 Å². The summed E-state index contributed by atoms with van der Waals surface area (Å²) in [5.41, 5.74) is 0.336. The Bertz CT molecular complexity index is 1460. The van der Waals surface area contributed by atoms with Gasteiger partial charge >= 0.3 is 0 Å². The minimum Gasteiger partial charge on any atom is -0.383 e. The summed E-state index contributed by atoms with van der Waals surface area (Å²) in [6.45, 7) is 2.48. The predicted molar refractivity (Wildman–Crippen MR) is 130 cm³/mol. The molecule has 0 fully saturated rings. The number of hydrogen-bond acceptors (Lipinski definition) is 5. The van der Waals surface area contributed by atoms with Gasteiger partial charge < -0.3 is 4.74 Å². The Morgan fingerprint density at radius 2 is 1.67 bits per heavy atom. The molecule has 0 aliphatic heterocycles. The molecule has 0 aliphatic carbocycles. The van der Waals surface area contributed by atoms with E-state index in [1.54, 1.807) is 50.6 Å². The maximum absolute atomic E-state index is 13.8. The van der Waals surface area contributed by atoms with Crippen molar-refractivity contribution >= 4 is 31.7 Å². The van der Waals surface area contributed by atoms with Gasteiger partial charge in [-0.3, -0.25) is 9.36 Å². The van der Waals surface area contributed by atoms with Crippen molar-refractivity contribution in [1.29, 1.82) is 0 Å². The fourth-order valence-electron chi connectivity index (χ4n) is 4.18. The molecule has 0 spiro atoms. The van der Waals surface area contributed by atoms with E-state index >= 15 is 0 Å². The quantitative estimate of drug-likeness (QED) is 0.393. The molecule has 0 saturated carbocycles. The lowest BCUT2D eigenvalue weighted by Crippen LogP contribution is -2.37. The summed E-state index contributed by atoms with van der Waals surface area (Å²) in [4.78, 5) is 18.3. The maximum Gasteiger partial charge on any atom is 0.261 e. The van der Waals surface area contributed by atoms with E-state index in [9.17, 15) is 13.2 Å². The zero-order chi connectivity index (χ0) is 23.6. The Kier molecular flexibility index (Phi) is 6.60. The molecule has 0 radical (unpaired) electrons. The first-order valence-electron chi connectivity index (χ1n) is 10.8. The molecule has 0 saturated heterocycles. The zero-order valence-corrected chi connectivity index (χ0v) is 19.7. The number of fused-ring (bicyclic) bond motifs is 2. The normalized spacial score (nSPS) is 13.1. The molecule has 1 atom stereocenters. The second kappa shape index (κ2) is 9.43. The monoisotopic (exact) mass is 465 g/mol. The lowest BCUT2D eigenvalue weighted by Gasteiger charge is -2.28. The molecule has 4 aromatic rings. The van der Waals surface area contributed by atoms with Crippen LogP contribution in [0.5, 0.6) is 0 Å². The van der Waals surface area contributed by atoms with E-state index in [4.69, 9.17) is 9.72 Å². The van der Waals surface area contributed by atoms with E-state index in [0.717, 1.165) is 5.39 Å². The van der Waals surface area contributed by atoms with Gasteiger partial charge in [-0.1, -0.05) is 55.5 Å². The largest absolute Gasteiger partial charge is 0.383 e. The molecule has 1 aromatic heterocycles. The molecule has 172 valence electrons. The third kappa shape index (κ3) is 4.17. The van der Waals surface area contributed by atoms with Crippen LogP contribution < -0.4 is 5.56 Å². The van der Waals surface area contributed by atoms with E-state index in [0.29, 0.717) is 35.1 Å². The molecule has 0 amide bonds. The smallest absolute Gasteiger partial charge is 0.261 e. The number of aromatic nitrogens is 2. The van der Waals surface area contributed by atoms with Gasteiger partial charge in [0.2, 0.25) is 10.0 Å². The molecule has 0 N–H and O–H groups in total. The highest BCUT2D eigenvalue weighted by atomic mass is 32.2. The van der Waals surface area contributed by atoms with Crippen LogP contribution in [0, 0.1) is 0 Å². The first-order chi connectivity index (χ1) is 15.9. The number of hydrogen-bond donors (Lipinski definition) is 0. The van der Waals surface area contributed by atoms with Crippen LogP contribution in [-0.4, -0.2) is 43.0 Å². The molecule has 4 rings (SSSR count). The summed E-state index contributed by atoms with van der Waals surface area (Å²) in [5, 5.41) is 2.00. The van der Waals surface area contributed by atoms with Gasteiger partial charge in [-0.05, 0) is 30.0 Å². The number of rotatable bonds is 8. The zero-order valence-electron chi connectivity index (χ0n) is 18.9. The lowest BCUT2D eigenvalue weighted by atomic mass is 10.1. The molecule has 1 unspecified atom stereocenters. The Morgan fingerprint density at radius 3 is 2.39 bits per heavy atom. The minimum atomic E-state index is -3.88. The Morgan fingerprint density at radius 1 is 1.00 bits per heavy atom. The highest BCUT2D eigenvalue weighted by Crippen LogP contribution is 2.31. The SMILES string of the molecule is CCC(c1nc2ccccc2c(=O)n1CCOC)N(C)S(=O)(=O)c1cccc2ccccc12. The molecule has 0 aliphatic rings. The van der Waals surface area contributed by atoms with Gasteiger partial charge in [0.25, 0.3) is 5.56 Å². The van der Waals surface area contributed by atoms with Gasteiger partial charge in [-0.2, -0.15) is 4.31 Å². The molecular formula is C25H27N3O4S. The summed E-state index contributed by atoms with van der Waals surface area (Å²) in [6, 6.07) is 19.1. The van der Waals surface area contributed by atoms with Crippen LogP contribution in [0.2, 0.25) is 0 Å². The summed E-state index contributed by atoms with van der Waals surface area (Å²) >= 11 is 0. The van der Waals surface area contributed by atoms with Crippen molar-refractivity contribution in [2.45, 2.75) is 30.8 Å². The van der Waals surface area contributed by atoms with Crippen LogP contribution in [0.4, 0.5) is 0 Å². The topological polar surface area (TPSA) is 81.5 Å². The predicted octanol–water partition coefficient (Wildman–Crippen LogP) is 3.97. The van der Waals surface area contributed by atoms with Crippen molar-refractivity contribution < 1.29 is 13.2 Å². The molecule has 33 heavy (non-hydrogen) atoms. The van der Waals surface area contributed by atoms with Crippen molar-refractivity contribution in [3.8, 4) is 0 Å². The summed E-state index contributed by atoms with van der Waals surface area (Å²) in [7, 11) is -0.770. The minimum absolute atomic E-state index is 0.206. The number of nitrogens with zero attached hydrogens (tertiary/aromatic N) is 3. The third-order valence-electron chi connectivity index (χ3n) is 5.94. The molecule has 1 heterocycles. The summed E-state index contributed by atoms with van der Waals surface area (Å²) in [5.74, 6) is 0.407. The lowest BCUT2D eigenvalue weighted by molar-refractivity contribution is 0.182. The standard InChI is InChI=1S/C25H27N3O4S/c1-4-22(24-26-21-14-8-7-13-20(21)25(29)28(24)16-17-32-3)27(2)33(30,31)23-15-9-11-18-10-5-6-12-19(18)23/h5-15,22H,4,16-17H2,1-3H3. The first kappa shape index (κ1) is 23.1. The summed E-state index contributed by atoms with van der Waals surface area (Å²) in [6.07, 6.45) is 0.443. The number of para-hydroxylation sites is 1. The van der Waals surface area contributed by atoms with Gasteiger partial charge in [-0.15, -0.1) is 0 Å². The van der Waals surface area contributed by atoms with Gasteiger partial charge in [0.15, 0.2) is 0 Å². The maximum atomic E-state index is 13.8. The van der Waals surface area contributed by atoms with Crippen LogP contribution in [0.1, 0.15) is 25.2 Å². The Hall–Kier alpha value is -3.07. The second-order valence-electron chi connectivity index (χ2n) is 7.86. The van der Waals surface area contributed by atoms with Crippen LogP contribution in [0.25, 0.3) is 21.7 Å². The van der Waals surface area contributed by atoms with E-state index in [-0.39, 0.29) is 17.0 Å². The highest BCUT2D eigenvalue weighted by Gasteiger charge is 2.32. The molecule has 0 bridgehead atoms. The Labute approximate surface area is 193 Å². The number of benzene rings is 3. The number of ether oxygens (including phenoxy) is 1. The second-order valence-corrected chi connectivity index (χ2v) is 9.83. The van der Waals surface area contributed by atoms with Crippen molar-refractivity contribution in [2.75, 3.05) is 20.8 Å². The van der Waals surface area contributed by atoms with Crippen LogP contribution in [-0.2, 0) is 21.3 Å². The van der Waals surface area contributed by atoms with Crippen LogP contribution >= 0.6 is 0 Å². The van der Waals surface area contributed by atoms with E-state index < -0.39 is 16.1 Å². The van der Waals surface area contributed by atoms with Crippen molar-refractivity contribution in [2.24, 2.45) is 0 Å². The number of methoxy groups -OCH3 is 1. The molecule has 3 aromatic carbocycles. The molecular weight excluding hydrogens is 438 g/mol. The van der Waals surface area contributed by atoms with Gasteiger partial charge in [0, 0.05) is 19.5 Å². The third-order valence-corrected chi connectivity index (χ3v) is 7.87. The number of sulfonamides is 1. The average molecular weight is 466 g/mol. The first-order valence-corrected chi connectivity index (χ1v) is 12.3. The Balaban J connectivity index is 1.88. The van der Waals surface area contributed by atoms with Crippen LogP contribution in [0.3, 0.4) is 0 Å². The van der Waals surface area contributed by atoms with E-state index in [1.807, 2.05) is 37.3 Å². The van der Waals surface area contributed by atoms with Crippen molar-refractivity contribution in [3.63, 3.8) is 0 Å². The van der Waals surface area contributed by atoms with Gasteiger partial charge in [0.05, 0.1) is 35.0 Å². The fourth-order valence-corrected chi connectivity index (χ4v) is 5.79. The van der Waals surface area contributed by atoms with Gasteiger partial charge in [0.1, 0.15) is 5.82 Å².